The number of nitrogens with zero attached hydrogens (tertiary/aromatic N) is 3. The van der Waals surface area contributed by atoms with Crippen molar-refractivity contribution in [1.82, 2.24) is 14.9 Å². The quantitative estimate of drug-likeness (QED) is 0.844. The van der Waals surface area contributed by atoms with Gasteiger partial charge in [0.1, 0.15) is 0 Å². The van der Waals surface area contributed by atoms with E-state index in [1.165, 1.54) is 0 Å². The maximum absolute atomic E-state index is 12.3. The molecule has 0 amide bonds. The van der Waals surface area contributed by atoms with Gasteiger partial charge in [-0.2, -0.15) is 5.26 Å². The molecule has 0 atom stereocenters. The van der Waals surface area contributed by atoms with E-state index < -0.39 is 0 Å². The first kappa shape index (κ1) is 11.4. The van der Waals surface area contributed by atoms with Gasteiger partial charge in [0.15, 0.2) is 0 Å². The molecular formula is C13H16N4O. The Labute approximate surface area is 105 Å². The van der Waals surface area contributed by atoms with Crippen molar-refractivity contribution in [2.45, 2.75) is 38.8 Å². The zero-order valence-corrected chi connectivity index (χ0v) is 10.3. The van der Waals surface area contributed by atoms with Crippen molar-refractivity contribution in [3.05, 3.63) is 27.9 Å². The molecule has 1 N–H and O–H groups in total. The van der Waals surface area contributed by atoms with E-state index in [2.05, 4.69) is 16.4 Å². The van der Waals surface area contributed by atoms with Crippen molar-refractivity contribution in [3.8, 4) is 6.07 Å². The molecule has 0 aromatic carbocycles. The maximum atomic E-state index is 12.3. The van der Waals surface area contributed by atoms with Gasteiger partial charge in [-0.3, -0.25) is 9.36 Å². The lowest BCUT2D eigenvalue weighted by Gasteiger charge is -2.18. The first-order valence-corrected chi connectivity index (χ1v) is 6.39. The Balaban J connectivity index is 1.90. The van der Waals surface area contributed by atoms with Crippen LogP contribution in [0.3, 0.4) is 0 Å². The van der Waals surface area contributed by atoms with E-state index in [1.54, 1.807) is 10.9 Å². The summed E-state index contributed by atoms with van der Waals surface area (Å²) < 4.78 is 1.70. The third kappa shape index (κ3) is 1.93. The summed E-state index contributed by atoms with van der Waals surface area (Å²) in [7, 11) is 0. The molecule has 1 aromatic rings. The SMILES string of the molecule is N#CCC1(Cn2cnc3c(c2=O)CCNC3)CC1. The number of hydrogen-bond donors (Lipinski definition) is 1. The van der Waals surface area contributed by atoms with Crippen LogP contribution in [-0.2, 0) is 19.5 Å². The van der Waals surface area contributed by atoms with Crippen LogP contribution >= 0.6 is 0 Å². The molecule has 0 unspecified atom stereocenters. The average Bonchev–Trinajstić information content (AvgIpc) is 3.14. The smallest absolute Gasteiger partial charge is 0.256 e. The van der Waals surface area contributed by atoms with Gasteiger partial charge in [-0.15, -0.1) is 0 Å². The second-order valence-electron chi connectivity index (χ2n) is 5.36. The van der Waals surface area contributed by atoms with Gasteiger partial charge in [0.25, 0.3) is 5.56 Å². The number of fused-ring (bicyclic) bond motifs is 1. The number of hydrogen-bond acceptors (Lipinski definition) is 4. The summed E-state index contributed by atoms with van der Waals surface area (Å²) in [6.07, 6.45) is 5.04. The molecule has 0 saturated heterocycles. The molecule has 94 valence electrons. The van der Waals surface area contributed by atoms with Crippen LogP contribution < -0.4 is 10.9 Å². The van der Waals surface area contributed by atoms with Gasteiger partial charge in [0.05, 0.1) is 18.1 Å². The highest BCUT2D eigenvalue weighted by Gasteiger charge is 2.43. The van der Waals surface area contributed by atoms with Crippen molar-refractivity contribution in [1.29, 1.82) is 5.26 Å². The van der Waals surface area contributed by atoms with Crippen molar-refractivity contribution in [2.24, 2.45) is 5.41 Å². The topological polar surface area (TPSA) is 70.7 Å². The lowest BCUT2D eigenvalue weighted by Crippen LogP contribution is -2.35. The molecule has 0 bridgehead atoms. The summed E-state index contributed by atoms with van der Waals surface area (Å²) in [5, 5.41) is 12.0. The van der Waals surface area contributed by atoms with Crippen LogP contribution in [0.15, 0.2) is 11.1 Å². The molecule has 5 nitrogen and oxygen atoms in total. The summed E-state index contributed by atoms with van der Waals surface area (Å²) in [5.41, 5.74) is 1.86. The van der Waals surface area contributed by atoms with E-state index in [0.29, 0.717) is 19.5 Å². The minimum Gasteiger partial charge on any atom is -0.311 e. The van der Waals surface area contributed by atoms with Crippen molar-refractivity contribution < 1.29 is 0 Å². The zero-order valence-electron chi connectivity index (χ0n) is 10.3. The van der Waals surface area contributed by atoms with Crippen LogP contribution in [0.25, 0.3) is 0 Å². The molecular weight excluding hydrogens is 228 g/mol. The van der Waals surface area contributed by atoms with Gasteiger partial charge in [0.2, 0.25) is 0 Å². The third-order valence-corrected chi connectivity index (χ3v) is 3.98. The van der Waals surface area contributed by atoms with Crippen molar-refractivity contribution >= 4 is 0 Å². The van der Waals surface area contributed by atoms with Crippen molar-refractivity contribution in [2.75, 3.05) is 6.54 Å². The molecule has 1 aliphatic heterocycles. The normalized spacial score (nSPS) is 19.9. The minimum absolute atomic E-state index is 0.0431. The fourth-order valence-corrected chi connectivity index (χ4v) is 2.60. The zero-order chi connectivity index (χ0) is 12.6. The maximum Gasteiger partial charge on any atom is 0.256 e. The van der Waals surface area contributed by atoms with E-state index in [9.17, 15) is 4.79 Å². The highest BCUT2D eigenvalue weighted by Crippen LogP contribution is 2.49. The lowest BCUT2D eigenvalue weighted by molar-refractivity contribution is 0.415. The number of nitriles is 1. The standard InChI is InChI=1S/C13H16N4O/c14-5-4-13(2-3-13)8-17-9-16-11-7-15-6-1-10(11)12(17)18/h9,15H,1-4,6-8H2. The van der Waals surface area contributed by atoms with E-state index in [4.69, 9.17) is 5.26 Å². The molecule has 1 fully saturated rings. The molecule has 5 heteroatoms. The summed E-state index contributed by atoms with van der Waals surface area (Å²) in [6, 6.07) is 2.23. The molecule has 3 rings (SSSR count). The number of nitrogens with one attached hydrogen (secondary N) is 1. The predicted octanol–water partition coefficient (Wildman–Crippen LogP) is 0.583. The Morgan fingerprint density at radius 2 is 2.39 bits per heavy atom. The Morgan fingerprint density at radius 1 is 1.56 bits per heavy atom. The number of aromatic nitrogens is 2. The first-order valence-electron chi connectivity index (χ1n) is 6.39. The van der Waals surface area contributed by atoms with Gasteiger partial charge in [-0.1, -0.05) is 0 Å². The number of rotatable bonds is 3. The molecule has 1 aliphatic carbocycles. The average molecular weight is 244 g/mol. The van der Waals surface area contributed by atoms with Gasteiger partial charge in [-0.25, -0.2) is 4.98 Å². The molecule has 0 spiro atoms. The molecule has 1 saturated carbocycles. The lowest BCUT2D eigenvalue weighted by atomic mass is 10.0. The Morgan fingerprint density at radius 3 is 3.11 bits per heavy atom. The Bertz CT molecular complexity index is 565. The second-order valence-corrected chi connectivity index (χ2v) is 5.36. The third-order valence-electron chi connectivity index (χ3n) is 3.98. The predicted molar refractivity (Wildman–Crippen MR) is 65.8 cm³/mol. The van der Waals surface area contributed by atoms with Crippen LogP contribution in [0.2, 0.25) is 0 Å². The van der Waals surface area contributed by atoms with Crippen LogP contribution in [-0.4, -0.2) is 16.1 Å². The van der Waals surface area contributed by atoms with Gasteiger partial charge in [0, 0.05) is 30.5 Å². The summed E-state index contributed by atoms with van der Waals surface area (Å²) in [4.78, 5) is 16.7. The van der Waals surface area contributed by atoms with Gasteiger partial charge >= 0.3 is 0 Å². The monoisotopic (exact) mass is 244 g/mol. The van der Waals surface area contributed by atoms with Crippen LogP contribution in [0.4, 0.5) is 0 Å². The fraction of sp³-hybridized carbons (Fsp3) is 0.615. The molecule has 2 aliphatic rings. The van der Waals surface area contributed by atoms with Gasteiger partial charge in [-0.05, 0) is 25.8 Å². The summed E-state index contributed by atoms with van der Waals surface area (Å²) in [6.45, 7) is 2.18. The summed E-state index contributed by atoms with van der Waals surface area (Å²) >= 11 is 0. The largest absolute Gasteiger partial charge is 0.311 e. The highest BCUT2D eigenvalue weighted by atomic mass is 16.1. The molecule has 0 radical (unpaired) electrons. The Kier molecular flexibility index (Phi) is 2.67. The molecule has 2 heterocycles. The van der Waals surface area contributed by atoms with Crippen LogP contribution in [0, 0.1) is 16.7 Å². The van der Waals surface area contributed by atoms with Crippen LogP contribution in [0.5, 0.6) is 0 Å². The van der Waals surface area contributed by atoms with E-state index >= 15 is 0 Å². The van der Waals surface area contributed by atoms with Crippen molar-refractivity contribution in [3.63, 3.8) is 0 Å². The minimum atomic E-state index is 0.0431. The Hall–Kier alpha value is -1.67. The first-order chi connectivity index (χ1) is 8.74. The van der Waals surface area contributed by atoms with E-state index in [0.717, 1.165) is 37.1 Å². The van der Waals surface area contributed by atoms with Crippen LogP contribution in [0.1, 0.15) is 30.5 Å². The van der Waals surface area contributed by atoms with Gasteiger partial charge < -0.3 is 5.32 Å². The fourth-order valence-electron chi connectivity index (χ4n) is 2.60. The highest BCUT2D eigenvalue weighted by molar-refractivity contribution is 5.20. The second kappa shape index (κ2) is 4.21. The van der Waals surface area contributed by atoms with E-state index in [1.807, 2.05) is 0 Å². The summed E-state index contributed by atoms with van der Waals surface area (Å²) in [5.74, 6) is 0. The van der Waals surface area contributed by atoms with E-state index in [-0.39, 0.29) is 11.0 Å². The molecule has 18 heavy (non-hydrogen) atoms. The molecule has 1 aromatic heterocycles.